The molecule has 1 rings (SSSR count). The van der Waals surface area contributed by atoms with Crippen LogP contribution in [0.2, 0.25) is 0 Å². The molecule has 1 unspecified atom stereocenters. The van der Waals surface area contributed by atoms with Gasteiger partial charge in [0.2, 0.25) is 0 Å². The van der Waals surface area contributed by atoms with E-state index in [9.17, 15) is 0 Å². The maximum Gasteiger partial charge on any atom is 0.119 e. The van der Waals surface area contributed by atoms with E-state index < -0.39 is 0 Å². The molecule has 0 aliphatic heterocycles. The van der Waals surface area contributed by atoms with Crippen LogP contribution in [-0.2, 0) is 6.42 Å². The highest BCUT2D eigenvalue weighted by molar-refractivity contribution is 5.27. The minimum atomic E-state index is -0.288. The van der Waals surface area contributed by atoms with Gasteiger partial charge in [-0.15, -0.1) is 0 Å². The molecule has 0 aliphatic carbocycles. The second-order valence-corrected chi connectivity index (χ2v) is 3.88. The SMILES string of the molecule is CCCc1ccc(OCCC(C)O)cc1. The lowest BCUT2D eigenvalue weighted by atomic mass is 10.1. The van der Waals surface area contributed by atoms with Gasteiger partial charge in [-0.05, 0) is 31.0 Å². The zero-order valence-corrected chi connectivity index (χ0v) is 9.57. The lowest BCUT2D eigenvalue weighted by Crippen LogP contribution is -2.07. The molecule has 84 valence electrons. The van der Waals surface area contributed by atoms with Gasteiger partial charge in [0.1, 0.15) is 5.75 Å². The molecule has 1 aromatic rings. The monoisotopic (exact) mass is 208 g/mol. The van der Waals surface area contributed by atoms with Crippen LogP contribution in [0.15, 0.2) is 24.3 Å². The molecule has 0 amide bonds. The first-order chi connectivity index (χ1) is 7.22. The topological polar surface area (TPSA) is 29.5 Å². The zero-order chi connectivity index (χ0) is 11.1. The Morgan fingerprint density at radius 1 is 1.27 bits per heavy atom. The zero-order valence-electron chi connectivity index (χ0n) is 9.57. The molecular formula is C13H20O2. The van der Waals surface area contributed by atoms with E-state index in [2.05, 4.69) is 19.1 Å². The number of hydrogen-bond donors (Lipinski definition) is 1. The molecule has 0 aliphatic rings. The third-order valence-corrected chi connectivity index (χ3v) is 2.27. The van der Waals surface area contributed by atoms with E-state index >= 15 is 0 Å². The van der Waals surface area contributed by atoms with Crippen LogP contribution in [-0.4, -0.2) is 17.8 Å². The van der Waals surface area contributed by atoms with Crippen LogP contribution in [0.4, 0.5) is 0 Å². The van der Waals surface area contributed by atoms with Gasteiger partial charge >= 0.3 is 0 Å². The van der Waals surface area contributed by atoms with E-state index in [1.54, 1.807) is 6.92 Å². The van der Waals surface area contributed by atoms with E-state index in [1.165, 1.54) is 12.0 Å². The molecule has 0 saturated carbocycles. The second-order valence-electron chi connectivity index (χ2n) is 3.88. The predicted octanol–water partition coefficient (Wildman–Crippen LogP) is 2.79. The number of benzene rings is 1. The van der Waals surface area contributed by atoms with Crippen LogP contribution >= 0.6 is 0 Å². The minimum Gasteiger partial charge on any atom is -0.493 e. The lowest BCUT2D eigenvalue weighted by molar-refractivity contribution is 0.155. The Bertz CT molecular complexity index is 264. The molecule has 2 heteroatoms. The summed E-state index contributed by atoms with van der Waals surface area (Å²) in [4.78, 5) is 0. The van der Waals surface area contributed by atoms with E-state index in [1.807, 2.05) is 12.1 Å². The summed E-state index contributed by atoms with van der Waals surface area (Å²) in [5.41, 5.74) is 1.35. The van der Waals surface area contributed by atoms with Crippen molar-refractivity contribution in [2.24, 2.45) is 0 Å². The number of aryl methyl sites for hydroxylation is 1. The van der Waals surface area contributed by atoms with Crippen molar-refractivity contribution >= 4 is 0 Å². The van der Waals surface area contributed by atoms with Gasteiger partial charge in [-0.2, -0.15) is 0 Å². The molecule has 0 aromatic heterocycles. The maximum atomic E-state index is 9.06. The Hall–Kier alpha value is -1.02. The molecule has 0 radical (unpaired) electrons. The molecule has 1 atom stereocenters. The van der Waals surface area contributed by atoms with Crippen LogP contribution < -0.4 is 4.74 Å². The average molecular weight is 208 g/mol. The Balaban J connectivity index is 2.36. The molecule has 2 nitrogen and oxygen atoms in total. The fraction of sp³-hybridized carbons (Fsp3) is 0.538. The first kappa shape index (κ1) is 12.1. The average Bonchev–Trinajstić information content (AvgIpc) is 2.20. The Morgan fingerprint density at radius 2 is 1.93 bits per heavy atom. The van der Waals surface area contributed by atoms with E-state index in [-0.39, 0.29) is 6.10 Å². The molecule has 15 heavy (non-hydrogen) atoms. The van der Waals surface area contributed by atoms with Gasteiger partial charge in [0.15, 0.2) is 0 Å². The highest BCUT2D eigenvalue weighted by atomic mass is 16.5. The van der Waals surface area contributed by atoms with Gasteiger partial charge < -0.3 is 9.84 Å². The highest BCUT2D eigenvalue weighted by Gasteiger charge is 1.97. The quantitative estimate of drug-likeness (QED) is 0.779. The first-order valence-electron chi connectivity index (χ1n) is 5.62. The third-order valence-electron chi connectivity index (χ3n) is 2.27. The number of ether oxygens (including phenoxy) is 1. The van der Waals surface area contributed by atoms with Crippen molar-refractivity contribution in [3.8, 4) is 5.75 Å². The van der Waals surface area contributed by atoms with Gasteiger partial charge in [-0.1, -0.05) is 25.5 Å². The number of aliphatic hydroxyl groups is 1. The Labute approximate surface area is 91.9 Å². The van der Waals surface area contributed by atoms with Crippen molar-refractivity contribution < 1.29 is 9.84 Å². The fourth-order valence-electron chi connectivity index (χ4n) is 1.39. The lowest BCUT2D eigenvalue weighted by Gasteiger charge is -2.08. The Morgan fingerprint density at radius 3 is 2.47 bits per heavy atom. The summed E-state index contributed by atoms with van der Waals surface area (Å²) in [6.45, 7) is 4.52. The van der Waals surface area contributed by atoms with Crippen molar-refractivity contribution in [3.63, 3.8) is 0 Å². The largest absolute Gasteiger partial charge is 0.493 e. The van der Waals surface area contributed by atoms with Gasteiger partial charge in [-0.25, -0.2) is 0 Å². The van der Waals surface area contributed by atoms with Gasteiger partial charge in [0.25, 0.3) is 0 Å². The maximum absolute atomic E-state index is 9.06. The molecule has 0 fully saturated rings. The summed E-state index contributed by atoms with van der Waals surface area (Å²) in [6.07, 6.45) is 2.68. The summed E-state index contributed by atoms with van der Waals surface area (Å²) in [7, 11) is 0. The standard InChI is InChI=1S/C13H20O2/c1-3-4-12-5-7-13(8-6-12)15-10-9-11(2)14/h5-8,11,14H,3-4,9-10H2,1-2H3. The van der Waals surface area contributed by atoms with Crippen molar-refractivity contribution in [1.82, 2.24) is 0 Å². The van der Waals surface area contributed by atoms with E-state index in [4.69, 9.17) is 9.84 Å². The predicted molar refractivity (Wildman–Crippen MR) is 62.2 cm³/mol. The second kappa shape index (κ2) is 6.46. The van der Waals surface area contributed by atoms with Gasteiger partial charge in [0.05, 0.1) is 12.7 Å². The summed E-state index contributed by atoms with van der Waals surface area (Å²) in [5.74, 6) is 0.885. The molecular weight excluding hydrogens is 188 g/mol. The molecule has 0 bridgehead atoms. The molecule has 1 N–H and O–H groups in total. The van der Waals surface area contributed by atoms with E-state index in [0.717, 1.165) is 12.2 Å². The minimum absolute atomic E-state index is 0.288. The summed E-state index contributed by atoms with van der Waals surface area (Å²) in [5, 5.41) is 9.06. The van der Waals surface area contributed by atoms with Gasteiger partial charge in [-0.3, -0.25) is 0 Å². The van der Waals surface area contributed by atoms with Crippen LogP contribution in [0.5, 0.6) is 5.75 Å². The third kappa shape index (κ3) is 4.84. The summed E-state index contributed by atoms with van der Waals surface area (Å²) >= 11 is 0. The van der Waals surface area contributed by atoms with Gasteiger partial charge in [0, 0.05) is 6.42 Å². The van der Waals surface area contributed by atoms with Crippen molar-refractivity contribution in [3.05, 3.63) is 29.8 Å². The molecule has 0 spiro atoms. The van der Waals surface area contributed by atoms with Crippen LogP contribution in [0.1, 0.15) is 32.3 Å². The van der Waals surface area contributed by atoms with E-state index in [0.29, 0.717) is 13.0 Å². The molecule has 0 saturated heterocycles. The fourth-order valence-corrected chi connectivity index (χ4v) is 1.39. The van der Waals surface area contributed by atoms with Crippen LogP contribution in [0.25, 0.3) is 0 Å². The Kier molecular flexibility index (Phi) is 5.19. The number of rotatable bonds is 6. The molecule has 0 heterocycles. The summed E-state index contributed by atoms with van der Waals surface area (Å²) < 4.78 is 5.49. The number of hydrogen-bond acceptors (Lipinski definition) is 2. The summed E-state index contributed by atoms with van der Waals surface area (Å²) in [6, 6.07) is 8.18. The normalized spacial score (nSPS) is 12.5. The smallest absolute Gasteiger partial charge is 0.119 e. The van der Waals surface area contributed by atoms with Crippen LogP contribution in [0.3, 0.4) is 0 Å². The van der Waals surface area contributed by atoms with Crippen molar-refractivity contribution in [2.45, 2.75) is 39.2 Å². The first-order valence-corrected chi connectivity index (χ1v) is 5.62. The molecule has 1 aromatic carbocycles. The van der Waals surface area contributed by atoms with Crippen molar-refractivity contribution in [2.75, 3.05) is 6.61 Å². The van der Waals surface area contributed by atoms with Crippen molar-refractivity contribution in [1.29, 1.82) is 0 Å². The van der Waals surface area contributed by atoms with Crippen LogP contribution in [0, 0.1) is 0 Å². The highest BCUT2D eigenvalue weighted by Crippen LogP contribution is 2.13. The number of aliphatic hydroxyl groups excluding tert-OH is 1.